The van der Waals surface area contributed by atoms with Crippen molar-refractivity contribution in [2.24, 2.45) is 0 Å². The van der Waals surface area contributed by atoms with Crippen molar-refractivity contribution in [3.63, 3.8) is 0 Å². The Morgan fingerprint density at radius 3 is 2.80 bits per heavy atom. The lowest BCUT2D eigenvalue weighted by Gasteiger charge is -2.18. The number of hydrogen-bond acceptors (Lipinski definition) is 1. The number of fused-ring (bicyclic) bond motifs is 1. The minimum absolute atomic E-state index is 0.771. The van der Waals surface area contributed by atoms with Gasteiger partial charge in [-0.05, 0) is 58.1 Å². The SMILES string of the molecule is Clc1ccc2c(c1)NC(=C1CC1)C(Br)=C2. The van der Waals surface area contributed by atoms with E-state index < -0.39 is 0 Å². The first kappa shape index (κ1) is 9.49. The summed E-state index contributed by atoms with van der Waals surface area (Å²) in [6, 6.07) is 5.91. The van der Waals surface area contributed by atoms with Gasteiger partial charge in [0.25, 0.3) is 0 Å². The van der Waals surface area contributed by atoms with Gasteiger partial charge in [0, 0.05) is 15.2 Å². The zero-order chi connectivity index (χ0) is 10.4. The highest BCUT2D eigenvalue weighted by Gasteiger charge is 2.22. The summed E-state index contributed by atoms with van der Waals surface area (Å²) in [6.45, 7) is 0. The number of hydrogen-bond donors (Lipinski definition) is 1. The molecule has 3 heteroatoms. The molecule has 2 aliphatic rings. The molecule has 0 bridgehead atoms. The smallest absolute Gasteiger partial charge is 0.0521 e. The maximum atomic E-state index is 5.97. The molecule has 0 aromatic heterocycles. The molecule has 1 aromatic carbocycles. The van der Waals surface area contributed by atoms with E-state index in [2.05, 4.69) is 27.3 Å². The van der Waals surface area contributed by atoms with Crippen molar-refractivity contribution in [3.05, 3.63) is 44.5 Å². The lowest BCUT2D eigenvalue weighted by atomic mass is 10.1. The molecule has 1 heterocycles. The molecule has 1 N–H and O–H groups in total. The summed E-state index contributed by atoms with van der Waals surface area (Å²) in [7, 11) is 0. The van der Waals surface area contributed by atoms with Crippen LogP contribution in [0.15, 0.2) is 34.0 Å². The molecule has 0 radical (unpaired) electrons. The van der Waals surface area contributed by atoms with Crippen LogP contribution in [0.1, 0.15) is 18.4 Å². The molecule has 76 valence electrons. The fourth-order valence-corrected chi connectivity index (χ4v) is 2.53. The number of nitrogens with one attached hydrogen (secondary N) is 1. The third-order valence-electron chi connectivity index (χ3n) is 2.65. The van der Waals surface area contributed by atoms with Crippen LogP contribution in [-0.4, -0.2) is 0 Å². The van der Waals surface area contributed by atoms with Crippen molar-refractivity contribution in [1.82, 2.24) is 0 Å². The van der Waals surface area contributed by atoms with Gasteiger partial charge in [0.2, 0.25) is 0 Å². The maximum absolute atomic E-state index is 5.97. The molecule has 1 fully saturated rings. The second kappa shape index (κ2) is 3.39. The van der Waals surface area contributed by atoms with Gasteiger partial charge in [-0.25, -0.2) is 0 Å². The van der Waals surface area contributed by atoms with Crippen molar-refractivity contribution in [2.75, 3.05) is 5.32 Å². The Morgan fingerprint density at radius 1 is 1.27 bits per heavy atom. The van der Waals surface area contributed by atoms with Crippen LogP contribution in [0.4, 0.5) is 5.69 Å². The third-order valence-corrected chi connectivity index (χ3v) is 3.51. The largest absolute Gasteiger partial charge is 0.354 e. The van der Waals surface area contributed by atoms with E-state index in [1.165, 1.54) is 29.7 Å². The molecule has 3 rings (SSSR count). The Hall–Kier alpha value is -0.730. The molecule has 1 aromatic rings. The molecule has 0 amide bonds. The van der Waals surface area contributed by atoms with Crippen LogP contribution >= 0.6 is 27.5 Å². The summed E-state index contributed by atoms with van der Waals surface area (Å²) in [4.78, 5) is 0. The monoisotopic (exact) mass is 281 g/mol. The zero-order valence-electron chi connectivity index (χ0n) is 7.98. The van der Waals surface area contributed by atoms with Gasteiger partial charge in [-0.3, -0.25) is 0 Å². The molecule has 0 atom stereocenters. The molecule has 1 nitrogen and oxygen atoms in total. The summed E-state index contributed by atoms with van der Waals surface area (Å²) in [5.74, 6) is 0. The van der Waals surface area contributed by atoms with Crippen LogP contribution in [0, 0.1) is 0 Å². The average Bonchev–Trinajstić information content (AvgIpc) is 3.01. The highest BCUT2D eigenvalue weighted by Crippen LogP contribution is 2.41. The summed E-state index contributed by atoms with van der Waals surface area (Å²) in [5, 5.41) is 4.20. The molecular formula is C12H9BrClN. The van der Waals surface area contributed by atoms with E-state index in [1.807, 2.05) is 18.2 Å². The van der Waals surface area contributed by atoms with Crippen LogP contribution in [0.25, 0.3) is 6.08 Å². The fraction of sp³-hybridized carbons (Fsp3) is 0.167. The van der Waals surface area contributed by atoms with E-state index in [9.17, 15) is 0 Å². The lowest BCUT2D eigenvalue weighted by Crippen LogP contribution is -2.05. The molecule has 0 saturated heterocycles. The van der Waals surface area contributed by atoms with E-state index in [1.54, 1.807) is 0 Å². The molecule has 15 heavy (non-hydrogen) atoms. The number of allylic oxidation sites excluding steroid dienone is 2. The van der Waals surface area contributed by atoms with Gasteiger partial charge in [-0.15, -0.1) is 0 Å². The third kappa shape index (κ3) is 1.72. The van der Waals surface area contributed by atoms with Crippen molar-refractivity contribution < 1.29 is 0 Å². The van der Waals surface area contributed by atoms with Gasteiger partial charge in [0.1, 0.15) is 0 Å². The quantitative estimate of drug-likeness (QED) is 0.736. The minimum atomic E-state index is 0.771. The molecular weight excluding hydrogens is 273 g/mol. The van der Waals surface area contributed by atoms with E-state index in [0.717, 1.165) is 15.2 Å². The Morgan fingerprint density at radius 2 is 2.07 bits per heavy atom. The fourth-order valence-electron chi connectivity index (χ4n) is 1.74. The van der Waals surface area contributed by atoms with E-state index in [4.69, 9.17) is 11.6 Å². The number of benzene rings is 1. The summed E-state index contributed by atoms with van der Waals surface area (Å²) >= 11 is 9.56. The molecule has 1 aliphatic carbocycles. The minimum Gasteiger partial charge on any atom is -0.354 e. The van der Waals surface area contributed by atoms with Crippen molar-refractivity contribution >= 4 is 39.3 Å². The predicted molar refractivity (Wildman–Crippen MR) is 68.2 cm³/mol. The second-order valence-electron chi connectivity index (χ2n) is 3.83. The number of halogens is 2. The van der Waals surface area contributed by atoms with Gasteiger partial charge < -0.3 is 5.32 Å². The van der Waals surface area contributed by atoms with Crippen LogP contribution < -0.4 is 5.32 Å². The predicted octanol–water partition coefficient (Wildman–Crippen LogP) is 4.55. The Kier molecular flexibility index (Phi) is 2.15. The van der Waals surface area contributed by atoms with E-state index in [0.29, 0.717) is 0 Å². The number of anilines is 1. The highest BCUT2D eigenvalue weighted by atomic mass is 79.9. The summed E-state index contributed by atoms with van der Waals surface area (Å²) < 4.78 is 1.14. The van der Waals surface area contributed by atoms with Crippen molar-refractivity contribution in [1.29, 1.82) is 0 Å². The summed E-state index contributed by atoms with van der Waals surface area (Å²) in [5.41, 5.74) is 4.99. The topological polar surface area (TPSA) is 12.0 Å². The molecule has 1 saturated carbocycles. The normalized spacial score (nSPS) is 18.1. The molecule has 1 aliphatic heterocycles. The summed E-state index contributed by atoms with van der Waals surface area (Å²) in [6.07, 6.45) is 4.56. The Balaban J connectivity index is 2.13. The van der Waals surface area contributed by atoms with Gasteiger partial charge in [-0.2, -0.15) is 0 Å². The second-order valence-corrected chi connectivity index (χ2v) is 5.12. The van der Waals surface area contributed by atoms with Gasteiger partial charge in [0.15, 0.2) is 0 Å². The van der Waals surface area contributed by atoms with E-state index >= 15 is 0 Å². The average molecular weight is 283 g/mol. The van der Waals surface area contributed by atoms with Gasteiger partial charge in [0.05, 0.1) is 5.70 Å². The number of rotatable bonds is 0. The first-order valence-corrected chi connectivity index (χ1v) is 6.07. The van der Waals surface area contributed by atoms with Crippen LogP contribution in [0.2, 0.25) is 5.02 Å². The van der Waals surface area contributed by atoms with Crippen LogP contribution in [0.5, 0.6) is 0 Å². The molecule has 0 spiro atoms. The van der Waals surface area contributed by atoms with Crippen molar-refractivity contribution in [3.8, 4) is 0 Å². The molecule has 0 unspecified atom stereocenters. The van der Waals surface area contributed by atoms with Gasteiger partial charge in [-0.1, -0.05) is 17.7 Å². The highest BCUT2D eigenvalue weighted by molar-refractivity contribution is 9.12. The zero-order valence-corrected chi connectivity index (χ0v) is 10.3. The standard InChI is InChI=1S/C12H9BrClN/c13-10-5-8-3-4-9(14)6-11(8)15-12(10)7-1-2-7/h3-6,15H,1-2H2. The Bertz CT molecular complexity index is 496. The first-order valence-electron chi connectivity index (χ1n) is 4.90. The lowest BCUT2D eigenvalue weighted by molar-refractivity contribution is 1.40. The Labute approximate surface area is 102 Å². The van der Waals surface area contributed by atoms with Crippen LogP contribution in [-0.2, 0) is 0 Å². The maximum Gasteiger partial charge on any atom is 0.0521 e. The first-order chi connectivity index (χ1) is 7.24. The van der Waals surface area contributed by atoms with Crippen LogP contribution in [0.3, 0.4) is 0 Å². The van der Waals surface area contributed by atoms with Gasteiger partial charge >= 0.3 is 0 Å². The van der Waals surface area contributed by atoms with Crippen molar-refractivity contribution in [2.45, 2.75) is 12.8 Å². The van der Waals surface area contributed by atoms with E-state index in [-0.39, 0.29) is 0 Å².